The van der Waals surface area contributed by atoms with Crippen molar-refractivity contribution in [2.75, 3.05) is 40.4 Å². The summed E-state index contributed by atoms with van der Waals surface area (Å²) in [5, 5.41) is 5.38. The summed E-state index contributed by atoms with van der Waals surface area (Å²) in [5.74, 6) is 0.708. The fraction of sp³-hybridized carbons (Fsp3) is 0.412. The van der Waals surface area contributed by atoms with Gasteiger partial charge in [-0.3, -0.25) is 4.90 Å². The Kier molecular flexibility index (Phi) is 6.86. The minimum atomic E-state index is -0.264. The lowest BCUT2D eigenvalue weighted by atomic mass is 10.0. The molecule has 0 bridgehead atoms. The molecule has 3 rings (SSSR count). The van der Waals surface area contributed by atoms with E-state index in [1.54, 1.807) is 24.5 Å². The highest BCUT2D eigenvalue weighted by atomic mass is 35.5. The van der Waals surface area contributed by atoms with Crippen LogP contribution in [0.5, 0.6) is 11.5 Å². The Bertz CT molecular complexity index is 648. The van der Waals surface area contributed by atoms with Gasteiger partial charge in [-0.25, -0.2) is 4.39 Å². The molecule has 132 valence electrons. The Hall–Kier alpha value is -1.34. The average molecular weight is 373 g/mol. The van der Waals surface area contributed by atoms with Gasteiger partial charge in [0.05, 0.1) is 20.3 Å². The zero-order chi connectivity index (χ0) is 16.2. The molecule has 0 aliphatic carbocycles. The number of halogens is 2. The smallest absolute Gasteiger partial charge is 0.163 e. The van der Waals surface area contributed by atoms with Crippen LogP contribution >= 0.6 is 23.7 Å². The summed E-state index contributed by atoms with van der Waals surface area (Å²) in [6, 6.07) is 7.15. The molecule has 2 aromatic rings. The largest absolute Gasteiger partial charge is 0.493 e. The summed E-state index contributed by atoms with van der Waals surface area (Å²) < 4.78 is 25.3. The molecular formula is C17H22ClFN2O2S. The van der Waals surface area contributed by atoms with Crippen LogP contribution in [-0.4, -0.2) is 45.3 Å². The molecule has 7 heteroatoms. The van der Waals surface area contributed by atoms with Crippen LogP contribution in [0.15, 0.2) is 29.6 Å². The third-order valence-corrected chi connectivity index (χ3v) is 5.05. The van der Waals surface area contributed by atoms with Crippen LogP contribution in [0.3, 0.4) is 0 Å². The Balaban J connectivity index is 0.00000208. The molecule has 2 heterocycles. The van der Waals surface area contributed by atoms with Crippen LogP contribution in [0.1, 0.15) is 16.5 Å². The van der Waals surface area contributed by atoms with Crippen LogP contribution in [0, 0.1) is 5.82 Å². The van der Waals surface area contributed by atoms with E-state index in [1.807, 2.05) is 11.4 Å². The van der Waals surface area contributed by atoms with Gasteiger partial charge in [-0.2, -0.15) is 0 Å². The van der Waals surface area contributed by atoms with Gasteiger partial charge in [-0.1, -0.05) is 6.07 Å². The fourth-order valence-electron chi connectivity index (χ4n) is 3.00. The average Bonchev–Trinajstić information content (AvgIpc) is 3.11. The summed E-state index contributed by atoms with van der Waals surface area (Å²) in [4.78, 5) is 3.45. The standard InChI is InChI=1S/C17H21FN2O2S.ClH/c1-21-14-10-12(13(18)11-15(14)22-2)17(16-4-3-9-23-16)20-7-5-19-6-8-20;/h3-4,9-11,17,19H,5-8H2,1-2H3;1H/t17-;/m1./s1. The summed E-state index contributed by atoms with van der Waals surface area (Å²) >= 11 is 1.65. The van der Waals surface area contributed by atoms with Crippen molar-refractivity contribution >= 4 is 23.7 Å². The van der Waals surface area contributed by atoms with Crippen molar-refractivity contribution in [1.29, 1.82) is 0 Å². The number of thiophene rings is 1. The molecule has 0 unspecified atom stereocenters. The van der Waals surface area contributed by atoms with Crippen molar-refractivity contribution in [3.63, 3.8) is 0 Å². The monoisotopic (exact) mass is 372 g/mol. The number of piperazine rings is 1. The van der Waals surface area contributed by atoms with Crippen molar-refractivity contribution in [2.24, 2.45) is 0 Å². The normalized spacial score (nSPS) is 16.3. The van der Waals surface area contributed by atoms with Crippen LogP contribution < -0.4 is 14.8 Å². The van der Waals surface area contributed by atoms with Gasteiger partial charge in [-0.15, -0.1) is 23.7 Å². The maximum Gasteiger partial charge on any atom is 0.163 e. The van der Waals surface area contributed by atoms with Crippen LogP contribution in [-0.2, 0) is 0 Å². The van der Waals surface area contributed by atoms with Gasteiger partial charge in [0.2, 0.25) is 0 Å². The zero-order valence-corrected chi connectivity index (χ0v) is 15.4. The van der Waals surface area contributed by atoms with Gasteiger partial charge in [0.15, 0.2) is 11.5 Å². The summed E-state index contributed by atoms with van der Waals surface area (Å²) in [5.41, 5.74) is 0.631. The predicted molar refractivity (Wildman–Crippen MR) is 97.4 cm³/mol. The second-order valence-electron chi connectivity index (χ2n) is 5.43. The third-order valence-electron chi connectivity index (χ3n) is 4.13. The van der Waals surface area contributed by atoms with E-state index in [0.717, 1.165) is 31.1 Å². The Morgan fingerprint density at radius 1 is 1.17 bits per heavy atom. The van der Waals surface area contributed by atoms with Crippen LogP contribution in [0.25, 0.3) is 0 Å². The third kappa shape index (κ3) is 3.83. The van der Waals surface area contributed by atoms with Gasteiger partial charge >= 0.3 is 0 Å². The Labute approximate surface area is 152 Å². The van der Waals surface area contributed by atoms with E-state index >= 15 is 0 Å². The number of hydrogen-bond acceptors (Lipinski definition) is 5. The van der Waals surface area contributed by atoms with Gasteiger partial charge in [0.1, 0.15) is 5.82 Å². The highest BCUT2D eigenvalue weighted by Crippen LogP contribution is 2.38. The van der Waals surface area contributed by atoms with Crippen molar-refractivity contribution < 1.29 is 13.9 Å². The molecule has 0 saturated carbocycles. The second kappa shape index (κ2) is 8.67. The first kappa shape index (κ1) is 19.0. The minimum absolute atomic E-state index is 0. The summed E-state index contributed by atoms with van der Waals surface area (Å²) in [6.45, 7) is 3.60. The predicted octanol–water partition coefficient (Wildman–Crippen LogP) is 3.32. The summed E-state index contributed by atoms with van der Waals surface area (Å²) in [7, 11) is 3.09. The fourth-order valence-corrected chi connectivity index (χ4v) is 3.87. The van der Waals surface area contributed by atoms with E-state index in [4.69, 9.17) is 9.47 Å². The van der Waals surface area contributed by atoms with E-state index in [9.17, 15) is 4.39 Å². The van der Waals surface area contributed by atoms with E-state index < -0.39 is 0 Å². The van der Waals surface area contributed by atoms with Gasteiger partial charge < -0.3 is 14.8 Å². The number of hydrogen-bond donors (Lipinski definition) is 1. The van der Waals surface area contributed by atoms with E-state index in [2.05, 4.69) is 16.3 Å². The molecule has 1 saturated heterocycles. The molecular weight excluding hydrogens is 351 g/mol. The first-order valence-corrected chi connectivity index (χ1v) is 8.52. The van der Waals surface area contributed by atoms with Crippen LogP contribution in [0.4, 0.5) is 4.39 Å². The number of benzene rings is 1. The highest BCUT2D eigenvalue weighted by Gasteiger charge is 2.28. The number of ether oxygens (including phenoxy) is 2. The van der Waals surface area contributed by atoms with Crippen molar-refractivity contribution in [3.8, 4) is 11.5 Å². The maximum atomic E-state index is 14.8. The molecule has 1 fully saturated rings. The Morgan fingerprint density at radius 2 is 1.83 bits per heavy atom. The lowest BCUT2D eigenvalue weighted by Crippen LogP contribution is -2.45. The molecule has 0 spiro atoms. The quantitative estimate of drug-likeness (QED) is 0.873. The van der Waals surface area contributed by atoms with Gasteiger partial charge in [0.25, 0.3) is 0 Å². The first-order chi connectivity index (χ1) is 11.2. The summed E-state index contributed by atoms with van der Waals surface area (Å²) in [6.07, 6.45) is 0. The van der Waals surface area contributed by atoms with Gasteiger partial charge in [-0.05, 0) is 17.5 Å². The molecule has 1 aliphatic rings. The second-order valence-corrected chi connectivity index (χ2v) is 6.41. The van der Waals surface area contributed by atoms with Crippen molar-refractivity contribution in [1.82, 2.24) is 10.2 Å². The molecule has 1 aromatic carbocycles. The zero-order valence-electron chi connectivity index (χ0n) is 13.8. The van der Waals surface area contributed by atoms with Gasteiger partial charge in [0, 0.05) is 42.7 Å². The number of nitrogens with one attached hydrogen (secondary N) is 1. The molecule has 24 heavy (non-hydrogen) atoms. The first-order valence-electron chi connectivity index (χ1n) is 7.64. The highest BCUT2D eigenvalue weighted by molar-refractivity contribution is 7.10. The maximum absolute atomic E-state index is 14.8. The van der Waals surface area contributed by atoms with Crippen molar-refractivity contribution in [3.05, 3.63) is 45.9 Å². The lowest BCUT2D eigenvalue weighted by Gasteiger charge is -2.35. The Morgan fingerprint density at radius 3 is 2.42 bits per heavy atom. The van der Waals surface area contributed by atoms with E-state index in [0.29, 0.717) is 17.1 Å². The topological polar surface area (TPSA) is 33.7 Å². The molecule has 0 radical (unpaired) electrons. The molecule has 4 nitrogen and oxygen atoms in total. The van der Waals surface area contributed by atoms with Crippen LogP contribution in [0.2, 0.25) is 0 Å². The minimum Gasteiger partial charge on any atom is -0.493 e. The molecule has 1 aromatic heterocycles. The van der Waals surface area contributed by atoms with E-state index in [1.165, 1.54) is 13.2 Å². The molecule has 1 atom stereocenters. The van der Waals surface area contributed by atoms with Crippen molar-refractivity contribution in [2.45, 2.75) is 6.04 Å². The number of rotatable bonds is 5. The SMILES string of the molecule is COc1cc(F)c([C@H](c2cccs2)N2CCNCC2)cc1OC.Cl. The molecule has 1 N–H and O–H groups in total. The number of nitrogens with zero attached hydrogens (tertiary/aromatic N) is 1. The number of methoxy groups -OCH3 is 2. The lowest BCUT2D eigenvalue weighted by molar-refractivity contribution is 0.197. The van der Waals surface area contributed by atoms with E-state index in [-0.39, 0.29) is 24.3 Å². The molecule has 1 aliphatic heterocycles. The molecule has 0 amide bonds.